The summed E-state index contributed by atoms with van der Waals surface area (Å²) < 4.78 is 38.9. The van der Waals surface area contributed by atoms with Crippen molar-refractivity contribution in [1.29, 1.82) is 0 Å². The van der Waals surface area contributed by atoms with Crippen molar-refractivity contribution in [1.82, 2.24) is 9.55 Å². The van der Waals surface area contributed by atoms with Gasteiger partial charge in [-0.15, -0.1) is 0 Å². The van der Waals surface area contributed by atoms with Crippen LogP contribution in [0.2, 0.25) is 0 Å². The first kappa shape index (κ1) is 14.4. The molecule has 1 aromatic heterocycles. The van der Waals surface area contributed by atoms with E-state index in [2.05, 4.69) is 4.98 Å². The maximum Gasteiger partial charge on any atom is 0.391 e. The van der Waals surface area contributed by atoms with E-state index in [1.165, 1.54) is 29.7 Å². The molecule has 2 rings (SSSR count). The largest absolute Gasteiger partial charge is 0.478 e. The molecule has 108 valence electrons. The number of carboxylic acid groups (broad SMARTS) is 1. The van der Waals surface area contributed by atoms with E-state index < -0.39 is 24.6 Å². The number of hydrogen-bond acceptors (Lipinski definition) is 2. The molecule has 0 saturated heterocycles. The van der Waals surface area contributed by atoms with E-state index in [0.29, 0.717) is 16.9 Å². The van der Waals surface area contributed by atoms with Crippen LogP contribution in [-0.4, -0.2) is 26.8 Å². The van der Waals surface area contributed by atoms with Crippen molar-refractivity contribution in [3.63, 3.8) is 0 Å². The second-order valence-corrected chi connectivity index (χ2v) is 4.71. The summed E-state index contributed by atoms with van der Waals surface area (Å²) in [5, 5.41) is 8.90. The Balaban J connectivity index is 2.49. The summed E-state index contributed by atoms with van der Waals surface area (Å²) >= 11 is 0. The van der Waals surface area contributed by atoms with Crippen LogP contribution in [0, 0.1) is 6.92 Å². The quantitative estimate of drug-likeness (QED) is 0.938. The number of carboxylic acids is 1. The Bertz CT molecular complexity index is 661. The van der Waals surface area contributed by atoms with E-state index in [4.69, 9.17) is 5.11 Å². The third kappa shape index (κ3) is 2.76. The molecule has 1 unspecified atom stereocenters. The molecular formula is C13H13F3N2O2. The van der Waals surface area contributed by atoms with E-state index in [9.17, 15) is 18.0 Å². The lowest BCUT2D eigenvalue weighted by molar-refractivity contribution is -0.141. The van der Waals surface area contributed by atoms with Crippen LogP contribution < -0.4 is 0 Å². The third-order valence-corrected chi connectivity index (χ3v) is 3.08. The minimum Gasteiger partial charge on any atom is -0.478 e. The van der Waals surface area contributed by atoms with Gasteiger partial charge in [0.15, 0.2) is 0 Å². The van der Waals surface area contributed by atoms with Crippen LogP contribution in [0.3, 0.4) is 0 Å². The first-order valence-electron chi connectivity index (χ1n) is 5.97. The number of alkyl halides is 3. The second kappa shape index (κ2) is 4.81. The lowest BCUT2D eigenvalue weighted by Crippen LogP contribution is -2.17. The van der Waals surface area contributed by atoms with Gasteiger partial charge in [0, 0.05) is 6.04 Å². The van der Waals surface area contributed by atoms with Crippen molar-refractivity contribution in [2.24, 2.45) is 0 Å². The number of halogens is 3. The zero-order valence-corrected chi connectivity index (χ0v) is 10.9. The SMILES string of the molecule is Cc1nc2cc(C(=O)O)ccc2n1C(C)CC(F)(F)F. The van der Waals surface area contributed by atoms with Gasteiger partial charge in [0.05, 0.1) is 23.0 Å². The predicted molar refractivity (Wildman–Crippen MR) is 66.8 cm³/mol. The molecule has 7 heteroatoms. The van der Waals surface area contributed by atoms with E-state index in [0.717, 1.165) is 0 Å². The Kier molecular flexibility index (Phi) is 3.45. The number of rotatable bonds is 3. The van der Waals surface area contributed by atoms with Crippen LogP contribution in [0.1, 0.15) is 35.6 Å². The lowest BCUT2D eigenvalue weighted by Gasteiger charge is -2.18. The van der Waals surface area contributed by atoms with Crippen LogP contribution in [-0.2, 0) is 0 Å². The van der Waals surface area contributed by atoms with Gasteiger partial charge in [0.2, 0.25) is 0 Å². The summed E-state index contributed by atoms with van der Waals surface area (Å²) in [4.78, 5) is 15.0. The zero-order chi connectivity index (χ0) is 15.1. The zero-order valence-electron chi connectivity index (χ0n) is 10.9. The molecule has 0 saturated carbocycles. The Hall–Kier alpha value is -2.05. The summed E-state index contributed by atoms with van der Waals surface area (Å²) in [5.74, 6) is -0.665. The monoisotopic (exact) mass is 286 g/mol. The maximum absolute atomic E-state index is 12.5. The van der Waals surface area contributed by atoms with E-state index in [1.807, 2.05) is 0 Å². The van der Waals surface area contributed by atoms with Crippen LogP contribution in [0.15, 0.2) is 18.2 Å². The molecule has 1 N–H and O–H groups in total. The molecule has 1 atom stereocenters. The normalized spacial score (nSPS) is 13.7. The van der Waals surface area contributed by atoms with E-state index >= 15 is 0 Å². The minimum atomic E-state index is -4.26. The van der Waals surface area contributed by atoms with Crippen molar-refractivity contribution >= 4 is 17.0 Å². The number of carbonyl (C=O) groups is 1. The molecule has 4 nitrogen and oxygen atoms in total. The number of benzene rings is 1. The summed E-state index contributed by atoms with van der Waals surface area (Å²) in [6.07, 6.45) is -5.22. The summed E-state index contributed by atoms with van der Waals surface area (Å²) in [6, 6.07) is 3.42. The molecular weight excluding hydrogens is 273 g/mol. The molecule has 1 aromatic carbocycles. The van der Waals surface area contributed by atoms with Crippen molar-refractivity contribution in [2.75, 3.05) is 0 Å². The van der Waals surface area contributed by atoms with Gasteiger partial charge in [-0.1, -0.05) is 0 Å². The summed E-state index contributed by atoms with van der Waals surface area (Å²) in [6.45, 7) is 3.07. The minimum absolute atomic E-state index is 0.0608. The van der Waals surface area contributed by atoms with Crippen molar-refractivity contribution in [2.45, 2.75) is 32.5 Å². The summed E-state index contributed by atoms with van der Waals surface area (Å²) in [5.41, 5.74) is 0.950. The van der Waals surface area contributed by atoms with E-state index in [-0.39, 0.29) is 5.56 Å². The number of hydrogen-bond donors (Lipinski definition) is 1. The van der Waals surface area contributed by atoms with Crippen molar-refractivity contribution < 1.29 is 23.1 Å². The average Bonchev–Trinajstić information content (AvgIpc) is 2.61. The maximum atomic E-state index is 12.5. The number of nitrogens with zero attached hydrogens (tertiary/aromatic N) is 2. The fraction of sp³-hybridized carbons (Fsp3) is 0.385. The van der Waals surface area contributed by atoms with E-state index in [1.54, 1.807) is 6.92 Å². The van der Waals surface area contributed by atoms with Gasteiger partial charge in [-0.2, -0.15) is 13.2 Å². The molecule has 20 heavy (non-hydrogen) atoms. The Morgan fingerprint density at radius 2 is 2.10 bits per heavy atom. The van der Waals surface area contributed by atoms with Crippen LogP contribution in [0.25, 0.3) is 11.0 Å². The fourth-order valence-electron chi connectivity index (χ4n) is 2.33. The number of aromatic carboxylic acids is 1. The highest BCUT2D eigenvalue weighted by Crippen LogP contribution is 2.31. The standard InChI is InChI=1S/C13H13F3N2O2/c1-7(6-13(14,15)16)18-8(2)17-10-5-9(12(19)20)3-4-11(10)18/h3-5,7H,6H2,1-2H3,(H,19,20). The average molecular weight is 286 g/mol. The molecule has 0 fully saturated rings. The molecule has 2 aromatic rings. The van der Waals surface area contributed by atoms with Crippen molar-refractivity contribution in [3.8, 4) is 0 Å². The highest BCUT2D eigenvalue weighted by molar-refractivity contribution is 5.92. The second-order valence-electron chi connectivity index (χ2n) is 4.71. The van der Waals surface area contributed by atoms with Gasteiger partial charge < -0.3 is 9.67 Å². The first-order valence-corrected chi connectivity index (χ1v) is 5.97. The fourth-order valence-corrected chi connectivity index (χ4v) is 2.33. The van der Waals surface area contributed by atoms with Crippen LogP contribution >= 0.6 is 0 Å². The van der Waals surface area contributed by atoms with Crippen LogP contribution in [0.5, 0.6) is 0 Å². The van der Waals surface area contributed by atoms with Gasteiger partial charge in [-0.05, 0) is 32.0 Å². The molecule has 0 aliphatic rings. The molecule has 1 heterocycles. The summed E-state index contributed by atoms with van der Waals surface area (Å²) in [7, 11) is 0. The molecule has 0 radical (unpaired) electrons. The lowest BCUT2D eigenvalue weighted by atomic mass is 10.2. The number of imidazole rings is 1. The van der Waals surface area contributed by atoms with Crippen molar-refractivity contribution in [3.05, 3.63) is 29.6 Å². The highest BCUT2D eigenvalue weighted by Gasteiger charge is 2.31. The Morgan fingerprint density at radius 3 is 2.65 bits per heavy atom. The Morgan fingerprint density at radius 1 is 1.45 bits per heavy atom. The molecule has 0 aliphatic carbocycles. The molecule has 0 spiro atoms. The van der Waals surface area contributed by atoms with Gasteiger partial charge in [0.1, 0.15) is 5.82 Å². The van der Waals surface area contributed by atoms with Gasteiger partial charge in [0.25, 0.3) is 0 Å². The molecule has 0 aliphatic heterocycles. The third-order valence-electron chi connectivity index (χ3n) is 3.08. The van der Waals surface area contributed by atoms with Gasteiger partial charge in [-0.25, -0.2) is 9.78 Å². The number of aromatic nitrogens is 2. The topological polar surface area (TPSA) is 55.1 Å². The van der Waals surface area contributed by atoms with Gasteiger partial charge >= 0.3 is 12.1 Å². The molecule has 0 amide bonds. The Labute approximate surface area is 112 Å². The number of fused-ring (bicyclic) bond motifs is 1. The van der Waals surface area contributed by atoms with Crippen LogP contribution in [0.4, 0.5) is 13.2 Å². The number of aryl methyl sites for hydroxylation is 1. The predicted octanol–water partition coefficient (Wildman–Crippen LogP) is 3.56. The smallest absolute Gasteiger partial charge is 0.391 e. The highest BCUT2D eigenvalue weighted by atomic mass is 19.4. The molecule has 0 bridgehead atoms. The van der Waals surface area contributed by atoms with Gasteiger partial charge in [-0.3, -0.25) is 0 Å². The first-order chi connectivity index (χ1) is 9.19.